The van der Waals surface area contributed by atoms with Crippen LogP contribution in [0.3, 0.4) is 0 Å². The number of carbonyl (C=O) groups is 1. The van der Waals surface area contributed by atoms with Crippen LogP contribution in [0.15, 0.2) is 12.3 Å². The molecular formula is C11H15ClN2O3S. The van der Waals surface area contributed by atoms with Crippen LogP contribution < -0.4 is 5.73 Å². The smallest absolute Gasteiger partial charge is 0.185 e. The number of nitrogens with zero attached hydrogens (tertiary/aromatic N) is 1. The fourth-order valence-corrected chi connectivity index (χ4v) is 2.10. The first-order valence-electron chi connectivity index (χ1n) is 5.32. The van der Waals surface area contributed by atoms with Crippen LogP contribution in [-0.4, -0.2) is 32.2 Å². The predicted octanol–water partition coefficient (Wildman–Crippen LogP) is 1.38. The van der Waals surface area contributed by atoms with Crippen LogP contribution in [0.1, 0.15) is 25.0 Å². The van der Waals surface area contributed by atoms with Crippen molar-refractivity contribution in [2.45, 2.75) is 25.6 Å². The topological polar surface area (TPSA) is 96.4 Å². The number of nitrogens with two attached hydrogens (primary N) is 1. The zero-order chi connectivity index (χ0) is 13.7. The van der Waals surface area contributed by atoms with Gasteiger partial charge in [-0.25, -0.2) is 4.98 Å². The largest absolute Gasteiger partial charge is 0.396 e. The predicted molar refractivity (Wildman–Crippen MR) is 72.4 cm³/mol. The number of hydrogen-bond acceptors (Lipinski definition) is 6. The molecule has 0 saturated heterocycles. The molecule has 0 amide bonds. The highest BCUT2D eigenvalue weighted by Gasteiger charge is 2.19. The summed E-state index contributed by atoms with van der Waals surface area (Å²) in [5, 5.41) is 19.8. The number of anilines is 1. The van der Waals surface area contributed by atoms with E-state index in [0.717, 1.165) is 11.8 Å². The second-order valence-corrected chi connectivity index (χ2v) is 5.42. The number of nitrogen functional groups attached to an aromatic ring is 1. The molecule has 2 atom stereocenters. The summed E-state index contributed by atoms with van der Waals surface area (Å²) in [5.41, 5.74) is 6.21. The van der Waals surface area contributed by atoms with Gasteiger partial charge in [0.05, 0.1) is 11.8 Å². The average Bonchev–Trinajstić information content (AvgIpc) is 2.31. The second-order valence-electron chi connectivity index (χ2n) is 3.79. The lowest BCUT2D eigenvalue weighted by atomic mass is 10.0. The summed E-state index contributed by atoms with van der Waals surface area (Å²) in [7, 11) is 0. The standard InChI is InChI=1S/C11H15ClN2O3S/c1-6(15)18-3-2-9(16)10(17)7-4-8(13)11(12)14-5-7/h4-5,9-10,16-17H,2-3,13H2,1H3. The molecule has 18 heavy (non-hydrogen) atoms. The molecule has 1 aromatic heterocycles. The van der Waals surface area contributed by atoms with E-state index in [1.807, 2.05) is 0 Å². The molecule has 7 heteroatoms. The first-order chi connectivity index (χ1) is 8.41. The highest BCUT2D eigenvalue weighted by Crippen LogP contribution is 2.24. The van der Waals surface area contributed by atoms with Crippen LogP contribution in [-0.2, 0) is 4.79 Å². The molecule has 5 nitrogen and oxygen atoms in total. The van der Waals surface area contributed by atoms with Crippen molar-refractivity contribution in [3.8, 4) is 0 Å². The van der Waals surface area contributed by atoms with Crippen molar-refractivity contribution in [1.29, 1.82) is 0 Å². The molecule has 1 rings (SSSR count). The van der Waals surface area contributed by atoms with Crippen molar-refractivity contribution in [3.63, 3.8) is 0 Å². The minimum Gasteiger partial charge on any atom is -0.396 e. The summed E-state index contributed by atoms with van der Waals surface area (Å²) in [6, 6.07) is 1.47. The number of aliphatic hydroxyl groups excluding tert-OH is 2. The van der Waals surface area contributed by atoms with Crippen molar-refractivity contribution in [2.75, 3.05) is 11.5 Å². The molecule has 100 valence electrons. The van der Waals surface area contributed by atoms with Crippen LogP contribution in [0.4, 0.5) is 5.69 Å². The van der Waals surface area contributed by atoms with Gasteiger partial charge < -0.3 is 15.9 Å². The zero-order valence-corrected chi connectivity index (χ0v) is 11.4. The zero-order valence-electron chi connectivity index (χ0n) is 9.84. The summed E-state index contributed by atoms with van der Waals surface area (Å²) in [5.74, 6) is 0.448. The van der Waals surface area contributed by atoms with Gasteiger partial charge in [-0.15, -0.1) is 0 Å². The molecule has 4 N–H and O–H groups in total. The Morgan fingerprint density at radius 2 is 2.28 bits per heavy atom. The van der Waals surface area contributed by atoms with Crippen molar-refractivity contribution in [3.05, 3.63) is 23.0 Å². The number of rotatable bonds is 5. The van der Waals surface area contributed by atoms with E-state index in [4.69, 9.17) is 17.3 Å². The average molecular weight is 291 g/mol. The Bertz CT molecular complexity index is 431. The van der Waals surface area contributed by atoms with Gasteiger partial charge in [0.25, 0.3) is 0 Å². The lowest BCUT2D eigenvalue weighted by molar-refractivity contribution is -0.109. The van der Waals surface area contributed by atoms with Gasteiger partial charge in [0.15, 0.2) is 10.3 Å². The van der Waals surface area contributed by atoms with Crippen LogP contribution in [0.2, 0.25) is 5.15 Å². The summed E-state index contributed by atoms with van der Waals surface area (Å²) in [6.45, 7) is 1.46. The number of hydrogen-bond donors (Lipinski definition) is 3. The van der Waals surface area contributed by atoms with E-state index in [2.05, 4.69) is 4.98 Å². The molecule has 0 bridgehead atoms. The molecule has 2 unspecified atom stereocenters. The molecule has 0 fully saturated rings. The fraction of sp³-hybridized carbons (Fsp3) is 0.455. The first-order valence-corrected chi connectivity index (χ1v) is 6.68. The summed E-state index contributed by atoms with van der Waals surface area (Å²) >= 11 is 6.77. The van der Waals surface area contributed by atoms with E-state index in [-0.39, 0.29) is 16.0 Å². The Hall–Kier alpha value is -0.820. The Labute approximate surface area is 114 Å². The van der Waals surface area contributed by atoms with E-state index in [1.165, 1.54) is 19.2 Å². The molecule has 0 aliphatic carbocycles. The second kappa shape index (κ2) is 6.94. The lowest BCUT2D eigenvalue weighted by Crippen LogP contribution is -2.19. The number of aromatic nitrogens is 1. The maximum absolute atomic E-state index is 10.7. The third-order valence-corrected chi connectivity index (χ3v) is 3.47. The van der Waals surface area contributed by atoms with Crippen LogP contribution >= 0.6 is 23.4 Å². The third-order valence-electron chi connectivity index (χ3n) is 2.31. The maximum atomic E-state index is 10.7. The molecule has 0 aliphatic heterocycles. The van der Waals surface area contributed by atoms with Gasteiger partial charge in [-0.05, 0) is 12.5 Å². The van der Waals surface area contributed by atoms with E-state index in [0.29, 0.717) is 17.7 Å². The molecule has 1 heterocycles. The number of carbonyl (C=O) groups excluding carboxylic acids is 1. The van der Waals surface area contributed by atoms with E-state index in [1.54, 1.807) is 0 Å². The number of thioether (sulfide) groups is 1. The van der Waals surface area contributed by atoms with E-state index in [9.17, 15) is 15.0 Å². The molecule has 0 radical (unpaired) electrons. The van der Waals surface area contributed by atoms with Gasteiger partial charge in [-0.1, -0.05) is 23.4 Å². The van der Waals surface area contributed by atoms with Gasteiger partial charge >= 0.3 is 0 Å². The Balaban J connectivity index is 2.59. The van der Waals surface area contributed by atoms with Crippen LogP contribution in [0.5, 0.6) is 0 Å². The molecule has 0 aromatic carbocycles. The van der Waals surface area contributed by atoms with Gasteiger partial charge in [-0.3, -0.25) is 4.79 Å². The minimum atomic E-state index is -1.09. The van der Waals surface area contributed by atoms with E-state index < -0.39 is 12.2 Å². The van der Waals surface area contributed by atoms with Gasteiger partial charge in [0.2, 0.25) is 0 Å². The summed E-state index contributed by atoms with van der Waals surface area (Å²) in [4.78, 5) is 14.5. The van der Waals surface area contributed by atoms with E-state index >= 15 is 0 Å². The van der Waals surface area contributed by atoms with Gasteiger partial charge in [0, 0.05) is 24.4 Å². The minimum absolute atomic E-state index is 0.0194. The fourth-order valence-electron chi connectivity index (χ4n) is 1.35. The third kappa shape index (κ3) is 4.45. The van der Waals surface area contributed by atoms with Gasteiger partial charge in [-0.2, -0.15) is 0 Å². The number of halogens is 1. The van der Waals surface area contributed by atoms with Crippen LogP contribution in [0.25, 0.3) is 0 Å². The number of aliphatic hydroxyl groups is 2. The first kappa shape index (κ1) is 15.2. The van der Waals surface area contributed by atoms with Crippen molar-refractivity contribution in [1.82, 2.24) is 4.98 Å². The van der Waals surface area contributed by atoms with Crippen molar-refractivity contribution >= 4 is 34.2 Å². The highest BCUT2D eigenvalue weighted by molar-refractivity contribution is 8.13. The molecule has 0 spiro atoms. The Morgan fingerprint density at radius 1 is 1.61 bits per heavy atom. The quantitative estimate of drug-likeness (QED) is 0.709. The molecule has 0 saturated carbocycles. The molecule has 1 aromatic rings. The summed E-state index contributed by atoms with van der Waals surface area (Å²) in [6.07, 6.45) is -0.401. The van der Waals surface area contributed by atoms with Crippen molar-refractivity contribution < 1.29 is 15.0 Å². The normalized spacial score (nSPS) is 14.2. The Morgan fingerprint density at radius 3 is 2.83 bits per heavy atom. The molecular weight excluding hydrogens is 276 g/mol. The van der Waals surface area contributed by atoms with Crippen LogP contribution in [0, 0.1) is 0 Å². The molecule has 0 aliphatic rings. The monoisotopic (exact) mass is 290 g/mol. The highest BCUT2D eigenvalue weighted by atomic mass is 35.5. The Kier molecular flexibility index (Phi) is 5.87. The number of pyridine rings is 1. The SMILES string of the molecule is CC(=O)SCCC(O)C(O)c1cnc(Cl)c(N)c1. The maximum Gasteiger partial charge on any atom is 0.185 e. The lowest BCUT2D eigenvalue weighted by Gasteiger charge is -2.17. The van der Waals surface area contributed by atoms with Gasteiger partial charge in [0.1, 0.15) is 6.10 Å². The van der Waals surface area contributed by atoms with Crippen molar-refractivity contribution in [2.24, 2.45) is 0 Å². The summed E-state index contributed by atoms with van der Waals surface area (Å²) < 4.78 is 0.